The predicted molar refractivity (Wildman–Crippen MR) is 134 cm³/mol. The Morgan fingerprint density at radius 2 is 1.78 bits per heavy atom. The van der Waals surface area contributed by atoms with Gasteiger partial charge in [-0.3, -0.25) is 24.3 Å². The Labute approximate surface area is 212 Å². The molecule has 1 aliphatic heterocycles. The van der Waals surface area contributed by atoms with Gasteiger partial charge in [0.1, 0.15) is 11.5 Å². The van der Waals surface area contributed by atoms with Crippen LogP contribution in [0.15, 0.2) is 72.6 Å². The third kappa shape index (κ3) is 4.81. The number of benzene rings is 2. The van der Waals surface area contributed by atoms with E-state index in [-0.39, 0.29) is 30.1 Å². The number of carbonyl (C=O) groups excluding carboxylic acids is 3. The normalized spacial score (nSPS) is 16.8. The molecule has 0 bridgehead atoms. The van der Waals surface area contributed by atoms with Crippen molar-refractivity contribution in [2.45, 2.75) is 19.4 Å². The molecular formula is C27H23ClN2O6. The summed E-state index contributed by atoms with van der Waals surface area (Å²) in [5.74, 6) is -2.14. The van der Waals surface area contributed by atoms with Crippen LogP contribution in [0, 0.1) is 0 Å². The van der Waals surface area contributed by atoms with E-state index in [1.807, 2.05) is 0 Å². The second kappa shape index (κ2) is 10.6. The van der Waals surface area contributed by atoms with E-state index in [2.05, 4.69) is 4.98 Å². The summed E-state index contributed by atoms with van der Waals surface area (Å²) in [6.45, 7) is 2.01. The zero-order valence-corrected chi connectivity index (χ0v) is 20.4. The average molecular weight is 507 g/mol. The molecule has 0 radical (unpaired) electrons. The fraction of sp³-hybridized carbons (Fsp3) is 0.185. The number of nitrogens with zero attached hydrogens (tertiary/aromatic N) is 2. The molecule has 1 N–H and O–H groups in total. The molecular weight excluding hydrogens is 484 g/mol. The van der Waals surface area contributed by atoms with Crippen LogP contribution < -0.4 is 9.64 Å². The molecule has 9 heteroatoms. The lowest BCUT2D eigenvalue weighted by Gasteiger charge is -2.25. The van der Waals surface area contributed by atoms with Crippen LogP contribution in [-0.2, 0) is 25.5 Å². The van der Waals surface area contributed by atoms with Crippen LogP contribution in [0.2, 0.25) is 5.02 Å². The molecule has 1 aromatic heterocycles. The van der Waals surface area contributed by atoms with Crippen molar-refractivity contribution in [3.05, 3.63) is 94.3 Å². The Bertz CT molecular complexity index is 1340. The zero-order valence-electron chi connectivity index (χ0n) is 19.6. The van der Waals surface area contributed by atoms with Gasteiger partial charge in [-0.15, -0.1) is 0 Å². The SMILES string of the molecule is CCOC(=O)Cc1ccc(N2C(=O)C(=O)/C(=C(/O)c3cc(Cl)ccc3OC)C2c2ccncc2)cc1. The molecule has 0 saturated carbocycles. The number of anilines is 1. The van der Waals surface area contributed by atoms with Crippen LogP contribution in [-0.4, -0.2) is 41.5 Å². The quantitative estimate of drug-likeness (QED) is 0.218. The lowest BCUT2D eigenvalue weighted by atomic mass is 9.95. The van der Waals surface area contributed by atoms with Crippen LogP contribution in [0.5, 0.6) is 5.75 Å². The minimum atomic E-state index is -0.937. The lowest BCUT2D eigenvalue weighted by Crippen LogP contribution is -2.29. The second-order valence-corrected chi connectivity index (χ2v) is 8.38. The Morgan fingerprint density at radius 3 is 2.42 bits per heavy atom. The van der Waals surface area contributed by atoms with Gasteiger partial charge in [-0.1, -0.05) is 23.7 Å². The molecule has 1 unspecified atom stereocenters. The molecule has 36 heavy (non-hydrogen) atoms. The minimum absolute atomic E-state index is 0.0787. The highest BCUT2D eigenvalue weighted by Crippen LogP contribution is 2.43. The van der Waals surface area contributed by atoms with Crippen molar-refractivity contribution in [3.63, 3.8) is 0 Å². The minimum Gasteiger partial charge on any atom is -0.507 e. The van der Waals surface area contributed by atoms with Gasteiger partial charge in [0.15, 0.2) is 0 Å². The number of hydrogen-bond donors (Lipinski definition) is 1. The molecule has 4 rings (SSSR count). The van der Waals surface area contributed by atoms with E-state index in [1.165, 1.54) is 30.5 Å². The summed E-state index contributed by atoms with van der Waals surface area (Å²) >= 11 is 6.15. The van der Waals surface area contributed by atoms with E-state index in [0.29, 0.717) is 27.6 Å². The number of Topliss-reactive ketones (excluding diaryl/α,β-unsaturated/α-hetero) is 1. The van der Waals surface area contributed by atoms with Gasteiger partial charge in [0, 0.05) is 23.1 Å². The molecule has 1 atom stereocenters. The maximum Gasteiger partial charge on any atom is 0.310 e. The first-order chi connectivity index (χ1) is 17.3. The number of amides is 1. The Morgan fingerprint density at radius 1 is 1.08 bits per heavy atom. The first-order valence-corrected chi connectivity index (χ1v) is 11.5. The smallest absolute Gasteiger partial charge is 0.310 e. The van der Waals surface area contributed by atoms with Gasteiger partial charge in [0.25, 0.3) is 11.7 Å². The summed E-state index contributed by atoms with van der Waals surface area (Å²) in [5.41, 5.74) is 1.76. The molecule has 1 fully saturated rings. The molecule has 184 valence electrons. The van der Waals surface area contributed by atoms with E-state index < -0.39 is 23.5 Å². The summed E-state index contributed by atoms with van der Waals surface area (Å²) in [4.78, 5) is 43.7. The number of methoxy groups -OCH3 is 1. The first-order valence-electron chi connectivity index (χ1n) is 11.1. The number of rotatable bonds is 7. The third-order valence-electron chi connectivity index (χ3n) is 5.75. The Hall–Kier alpha value is -4.17. The number of ketones is 1. The zero-order chi connectivity index (χ0) is 25.8. The van der Waals surface area contributed by atoms with Gasteiger partial charge in [0.2, 0.25) is 0 Å². The van der Waals surface area contributed by atoms with Gasteiger partial charge in [-0.2, -0.15) is 0 Å². The summed E-state index contributed by atoms with van der Waals surface area (Å²) in [5, 5.41) is 11.6. The lowest BCUT2D eigenvalue weighted by molar-refractivity contribution is -0.142. The van der Waals surface area contributed by atoms with Crippen molar-refractivity contribution < 1.29 is 29.0 Å². The number of ether oxygens (including phenoxy) is 2. The van der Waals surface area contributed by atoms with Crippen LogP contribution in [0.4, 0.5) is 5.69 Å². The second-order valence-electron chi connectivity index (χ2n) is 7.94. The molecule has 1 amide bonds. The fourth-order valence-electron chi connectivity index (χ4n) is 4.12. The molecule has 0 spiro atoms. The average Bonchev–Trinajstić information content (AvgIpc) is 3.15. The standard InChI is InChI=1S/C27H23ClN2O6/c1-3-36-22(31)14-16-4-7-19(8-5-16)30-24(17-10-12-29-13-11-17)23(26(33)27(30)34)25(32)20-15-18(28)6-9-21(20)35-2/h4-13,15,24,32H,3,14H2,1-2H3/b25-23+. The number of hydrogen-bond acceptors (Lipinski definition) is 7. The molecule has 0 aliphatic carbocycles. The third-order valence-corrected chi connectivity index (χ3v) is 5.99. The number of esters is 1. The van der Waals surface area contributed by atoms with Crippen molar-refractivity contribution in [2.24, 2.45) is 0 Å². The van der Waals surface area contributed by atoms with E-state index in [0.717, 1.165) is 0 Å². The highest BCUT2D eigenvalue weighted by molar-refractivity contribution is 6.51. The fourth-order valence-corrected chi connectivity index (χ4v) is 4.30. The number of carbonyl (C=O) groups is 3. The topological polar surface area (TPSA) is 106 Å². The van der Waals surface area contributed by atoms with Gasteiger partial charge in [0.05, 0.1) is 37.3 Å². The highest BCUT2D eigenvalue weighted by atomic mass is 35.5. The van der Waals surface area contributed by atoms with Gasteiger partial charge in [-0.25, -0.2) is 0 Å². The number of pyridine rings is 1. The molecule has 1 saturated heterocycles. The molecule has 2 aromatic carbocycles. The van der Waals surface area contributed by atoms with Crippen molar-refractivity contribution in [2.75, 3.05) is 18.6 Å². The van der Waals surface area contributed by atoms with Crippen molar-refractivity contribution in [1.82, 2.24) is 4.98 Å². The van der Waals surface area contributed by atoms with Crippen LogP contribution in [0.1, 0.15) is 29.7 Å². The number of aliphatic hydroxyl groups is 1. The van der Waals surface area contributed by atoms with Gasteiger partial charge < -0.3 is 14.6 Å². The van der Waals surface area contributed by atoms with E-state index in [1.54, 1.807) is 55.5 Å². The monoisotopic (exact) mass is 506 g/mol. The number of aliphatic hydroxyl groups excluding tert-OH is 1. The summed E-state index contributed by atoms with van der Waals surface area (Å²) in [6.07, 6.45) is 3.16. The summed E-state index contributed by atoms with van der Waals surface area (Å²) in [7, 11) is 1.43. The largest absolute Gasteiger partial charge is 0.507 e. The molecule has 1 aliphatic rings. The van der Waals surface area contributed by atoms with Gasteiger partial charge >= 0.3 is 5.97 Å². The Kier molecular flexibility index (Phi) is 7.36. The number of aromatic nitrogens is 1. The van der Waals surface area contributed by atoms with Crippen LogP contribution in [0.25, 0.3) is 5.76 Å². The predicted octanol–water partition coefficient (Wildman–Crippen LogP) is 4.48. The molecule has 8 nitrogen and oxygen atoms in total. The van der Waals surface area contributed by atoms with Crippen LogP contribution in [0.3, 0.4) is 0 Å². The highest BCUT2D eigenvalue weighted by Gasteiger charge is 2.47. The first kappa shape index (κ1) is 24.9. The summed E-state index contributed by atoms with van der Waals surface area (Å²) < 4.78 is 10.3. The molecule has 2 heterocycles. The van der Waals surface area contributed by atoms with Crippen molar-refractivity contribution in [1.29, 1.82) is 0 Å². The molecule has 3 aromatic rings. The van der Waals surface area contributed by atoms with E-state index >= 15 is 0 Å². The van der Waals surface area contributed by atoms with Crippen molar-refractivity contribution >= 4 is 40.7 Å². The maximum atomic E-state index is 13.3. The number of halogens is 1. The Balaban J connectivity index is 1.83. The van der Waals surface area contributed by atoms with Gasteiger partial charge in [-0.05, 0) is 60.5 Å². The maximum absolute atomic E-state index is 13.3. The van der Waals surface area contributed by atoms with Crippen molar-refractivity contribution in [3.8, 4) is 5.75 Å². The summed E-state index contributed by atoms with van der Waals surface area (Å²) in [6, 6.07) is 13.7. The van der Waals surface area contributed by atoms with Crippen LogP contribution >= 0.6 is 11.6 Å². The van der Waals surface area contributed by atoms with E-state index in [9.17, 15) is 19.5 Å². The van der Waals surface area contributed by atoms with E-state index in [4.69, 9.17) is 21.1 Å².